The van der Waals surface area contributed by atoms with Crippen LogP contribution in [0.3, 0.4) is 0 Å². The Labute approximate surface area is 176 Å². The topological polar surface area (TPSA) is 80.0 Å². The number of amides is 1. The van der Waals surface area contributed by atoms with Gasteiger partial charge in [-0.05, 0) is 48.0 Å². The number of benzene rings is 2. The minimum absolute atomic E-state index is 0.330. The van der Waals surface area contributed by atoms with Gasteiger partial charge >= 0.3 is 6.18 Å². The van der Waals surface area contributed by atoms with Gasteiger partial charge in [0.05, 0.1) is 23.4 Å². The molecule has 0 aliphatic heterocycles. The summed E-state index contributed by atoms with van der Waals surface area (Å²) >= 11 is 6.24. The fourth-order valence-electron chi connectivity index (χ4n) is 2.71. The molecule has 4 N–H and O–H groups in total. The molecular weight excluding hydrogens is 417 g/mol. The van der Waals surface area contributed by atoms with Gasteiger partial charge in [-0.25, -0.2) is 0 Å². The Morgan fingerprint density at radius 3 is 2.47 bits per heavy atom. The van der Waals surface area contributed by atoms with Crippen LogP contribution in [0.4, 0.5) is 18.9 Å². The van der Waals surface area contributed by atoms with Crippen LogP contribution in [-0.2, 0) is 0 Å². The van der Waals surface area contributed by atoms with Crippen molar-refractivity contribution in [3.8, 4) is 11.3 Å². The highest BCUT2D eigenvalue weighted by molar-refractivity contribution is 6.33. The van der Waals surface area contributed by atoms with Gasteiger partial charge in [0.1, 0.15) is 0 Å². The molecule has 1 unspecified atom stereocenters. The molecule has 1 atom stereocenters. The quantitative estimate of drug-likeness (QED) is 0.488. The van der Waals surface area contributed by atoms with Gasteiger partial charge in [-0.2, -0.15) is 13.2 Å². The predicted molar refractivity (Wildman–Crippen MR) is 110 cm³/mol. The first-order valence-electron chi connectivity index (χ1n) is 8.91. The first kappa shape index (κ1) is 21.8. The molecule has 3 aromatic rings. The molecule has 0 saturated heterocycles. The van der Waals surface area contributed by atoms with E-state index in [4.69, 9.17) is 17.3 Å². The number of pyridine rings is 1. The van der Waals surface area contributed by atoms with Crippen molar-refractivity contribution in [3.05, 3.63) is 83.0 Å². The lowest BCUT2D eigenvalue weighted by molar-refractivity contribution is -0.126. The van der Waals surface area contributed by atoms with Crippen LogP contribution in [0.2, 0.25) is 5.02 Å². The minimum atomic E-state index is -4.36. The zero-order valence-corrected chi connectivity index (χ0v) is 16.3. The fraction of sp³-hybridized carbons (Fsp3) is 0.143. The Morgan fingerprint density at radius 1 is 1.10 bits per heavy atom. The van der Waals surface area contributed by atoms with Gasteiger partial charge in [-0.15, -0.1) is 0 Å². The standard InChI is InChI=1S/C21H18ClF3N4O/c22-17-9-8-15(11-16(17)18-3-1-2-10-27-18)29-20(30)14-6-4-13(5-7-14)19(26)28-12-21(23,24)25/h1-11,19,28H,12,26H2,(H,29,30). The zero-order chi connectivity index (χ0) is 21.7. The molecule has 0 fully saturated rings. The number of hydrogen-bond donors (Lipinski definition) is 3. The number of nitrogens with one attached hydrogen (secondary N) is 2. The van der Waals surface area contributed by atoms with E-state index in [0.717, 1.165) is 0 Å². The molecule has 156 valence electrons. The summed E-state index contributed by atoms with van der Waals surface area (Å²) in [6.45, 7) is -1.20. The third-order valence-electron chi connectivity index (χ3n) is 4.22. The first-order valence-corrected chi connectivity index (χ1v) is 9.29. The zero-order valence-electron chi connectivity index (χ0n) is 15.6. The Morgan fingerprint density at radius 2 is 1.83 bits per heavy atom. The van der Waals surface area contributed by atoms with E-state index < -0.39 is 18.9 Å². The second-order valence-electron chi connectivity index (χ2n) is 6.46. The summed E-state index contributed by atoms with van der Waals surface area (Å²) in [6, 6.07) is 16.5. The molecule has 0 saturated carbocycles. The van der Waals surface area contributed by atoms with Crippen molar-refractivity contribution in [1.29, 1.82) is 0 Å². The molecule has 9 heteroatoms. The van der Waals surface area contributed by atoms with Crippen LogP contribution in [0.5, 0.6) is 0 Å². The van der Waals surface area contributed by atoms with Crippen LogP contribution >= 0.6 is 11.6 Å². The number of halogens is 4. The Balaban J connectivity index is 1.69. The van der Waals surface area contributed by atoms with Crippen LogP contribution in [0.25, 0.3) is 11.3 Å². The molecule has 0 spiro atoms. The number of anilines is 1. The van der Waals surface area contributed by atoms with Crippen molar-refractivity contribution < 1.29 is 18.0 Å². The number of hydrogen-bond acceptors (Lipinski definition) is 4. The highest BCUT2D eigenvalue weighted by Crippen LogP contribution is 2.29. The van der Waals surface area contributed by atoms with Crippen LogP contribution in [0.1, 0.15) is 22.1 Å². The lowest BCUT2D eigenvalue weighted by Gasteiger charge is -2.16. The van der Waals surface area contributed by atoms with Gasteiger partial charge in [-0.1, -0.05) is 29.8 Å². The normalized spacial score (nSPS) is 12.4. The first-order chi connectivity index (χ1) is 14.2. The maximum absolute atomic E-state index is 12.5. The number of carbonyl (C=O) groups is 1. The van der Waals surface area contributed by atoms with Gasteiger partial charge < -0.3 is 11.1 Å². The molecule has 1 heterocycles. The third kappa shape index (κ3) is 5.79. The molecule has 0 aliphatic carbocycles. The summed E-state index contributed by atoms with van der Waals surface area (Å²) in [4.78, 5) is 16.8. The van der Waals surface area contributed by atoms with E-state index in [1.165, 1.54) is 24.3 Å². The highest BCUT2D eigenvalue weighted by Gasteiger charge is 2.27. The van der Waals surface area contributed by atoms with Gasteiger partial charge in [0.25, 0.3) is 5.91 Å². The summed E-state index contributed by atoms with van der Waals surface area (Å²) < 4.78 is 36.9. The number of aromatic nitrogens is 1. The monoisotopic (exact) mass is 434 g/mol. The molecule has 30 heavy (non-hydrogen) atoms. The van der Waals surface area contributed by atoms with E-state index in [9.17, 15) is 18.0 Å². The third-order valence-corrected chi connectivity index (χ3v) is 4.55. The summed E-state index contributed by atoms with van der Waals surface area (Å²) in [5, 5.41) is 5.45. The fourth-order valence-corrected chi connectivity index (χ4v) is 2.92. The molecule has 0 radical (unpaired) electrons. The predicted octanol–water partition coefficient (Wildman–Crippen LogP) is 4.76. The van der Waals surface area contributed by atoms with E-state index in [-0.39, 0.29) is 5.91 Å². The summed E-state index contributed by atoms with van der Waals surface area (Å²) in [6.07, 6.45) is -3.71. The van der Waals surface area contributed by atoms with Crippen LogP contribution in [0.15, 0.2) is 66.9 Å². The average molecular weight is 435 g/mol. The number of rotatable bonds is 6. The summed E-state index contributed by atoms with van der Waals surface area (Å²) in [5.41, 5.74) is 8.34. The van der Waals surface area contributed by atoms with Crippen molar-refractivity contribution in [2.75, 3.05) is 11.9 Å². The molecule has 5 nitrogen and oxygen atoms in total. The second kappa shape index (κ2) is 9.25. The Kier molecular flexibility index (Phi) is 6.71. The molecule has 1 amide bonds. The smallest absolute Gasteiger partial charge is 0.322 e. The molecule has 3 rings (SSSR count). The largest absolute Gasteiger partial charge is 0.401 e. The summed E-state index contributed by atoms with van der Waals surface area (Å²) in [7, 11) is 0. The van der Waals surface area contributed by atoms with Crippen molar-refractivity contribution in [1.82, 2.24) is 10.3 Å². The number of nitrogens with zero attached hydrogens (tertiary/aromatic N) is 1. The maximum atomic E-state index is 12.5. The van der Waals surface area contributed by atoms with Crippen molar-refractivity contribution in [2.45, 2.75) is 12.3 Å². The molecule has 0 bridgehead atoms. The van der Waals surface area contributed by atoms with Crippen molar-refractivity contribution in [3.63, 3.8) is 0 Å². The van der Waals surface area contributed by atoms with E-state index >= 15 is 0 Å². The average Bonchev–Trinajstić information content (AvgIpc) is 2.73. The van der Waals surface area contributed by atoms with Crippen LogP contribution in [-0.4, -0.2) is 23.6 Å². The van der Waals surface area contributed by atoms with Crippen molar-refractivity contribution >= 4 is 23.2 Å². The number of carbonyl (C=O) groups excluding carboxylic acids is 1. The van der Waals surface area contributed by atoms with Gasteiger partial charge in [0.15, 0.2) is 0 Å². The number of alkyl halides is 3. The molecular formula is C21H18ClF3N4O. The molecule has 1 aromatic heterocycles. The van der Waals surface area contributed by atoms with Crippen LogP contribution < -0.4 is 16.4 Å². The maximum Gasteiger partial charge on any atom is 0.401 e. The molecule has 0 aliphatic rings. The minimum Gasteiger partial charge on any atom is -0.322 e. The lowest BCUT2D eigenvalue weighted by Crippen LogP contribution is -2.36. The van der Waals surface area contributed by atoms with Crippen LogP contribution in [0, 0.1) is 0 Å². The van der Waals surface area contributed by atoms with Gasteiger partial charge in [0.2, 0.25) is 0 Å². The Hall–Kier alpha value is -2.94. The lowest BCUT2D eigenvalue weighted by atomic mass is 10.1. The number of nitrogens with two attached hydrogens (primary N) is 1. The van der Waals surface area contributed by atoms with Gasteiger partial charge in [-0.3, -0.25) is 15.1 Å². The van der Waals surface area contributed by atoms with Gasteiger partial charge in [0, 0.05) is 23.0 Å². The van der Waals surface area contributed by atoms with E-state index in [1.54, 1.807) is 30.5 Å². The van der Waals surface area contributed by atoms with E-state index in [1.807, 2.05) is 12.1 Å². The van der Waals surface area contributed by atoms with E-state index in [2.05, 4.69) is 15.6 Å². The summed E-state index contributed by atoms with van der Waals surface area (Å²) in [5.74, 6) is -0.382. The SMILES string of the molecule is NC(NCC(F)(F)F)c1ccc(C(=O)Nc2ccc(Cl)c(-c3ccccn3)c2)cc1. The van der Waals surface area contributed by atoms with E-state index in [0.29, 0.717) is 33.1 Å². The highest BCUT2D eigenvalue weighted by atomic mass is 35.5. The Bertz CT molecular complexity index is 1010. The second-order valence-corrected chi connectivity index (χ2v) is 6.87. The van der Waals surface area contributed by atoms with Crippen molar-refractivity contribution in [2.24, 2.45) is 5.73 Å². The molecule has 2 aromatic carbocycles.